The molecule has 1 atom stereocenters. The van der Waals surface area contributed by atoms with Gasteiger partial charge in [0, 0.05) is 42.9 Å². The first-order chi connectivity index (χ1) is 21.3. The molecule has 1 aliphatic carbocycles. The van der Waals surface area contributed by atoms with Crippen LogP contribution in [0.15, 0.2) is 52.0 Å². The van der Waals surface area contributed by atoms with Gasteiger partial charge in [-0.3, -0.25) is 29.5 Å². The van der Waals surface area contributed by atoms with Crippen molar-refractivity contribution in [2.75, 3.05) is 31.5 Å². The van der Waals surface area contributed by atoms with Gasteiger partial charge in [0.15, 0.2) is 0 Å². The lowest BCUT2D eigenvalue weighted by Gasteiger charge is -2.25. The maximum absolute atomic E-state index is 13.6. The number of anilines is 1. The Morgan fingerprint density at radius 2 is 1.77 bits per heavy atom. The van der Waals surface area contributed by atoms with Crippen LogP contribution in [-0.2, 0) is 9.59 Å². The standard InChI is InChI=1S/C32H37N7O5/c1-20-16-22-17-24(10-12-27(22)44-20)35-32(37-29(41)21-7-11-25(33-18-21)30(42)34-23-8-9-23)36-26-6-2-3-15-39(31(26)43)19-28(40)38-13-4-5-14-38/h7,10-12,16-18,23,26H,2-6,8-9,13-15,19H2,1H3,(H,34,42)(H2,35,36,37,41)/t26-/m0/s1. The van der Waals surface area contributed by atoms with Crippen molar-refractivity contribution < 1.29 is 23.6 Å². The fourth-order valence-electron chi connectivity index (χ4n) is 5.56. The minimum atomic E-state index is -0.779. The van der Waals surface area contributed by atoms with Crippen LogP contribution in [0.3, 0.4) is 0 Å². The topological polar surface area (TPSA) is 149 Å². The number of nitrogens with one attached hydrogen (secondary N) is 3. The zero-order valence-electron chi connectivity index (χ0n) is 24.8. The molecule has 6 rings (SSSR count). The minimum Gasteiger partial charge on any atom is -0.461 e. The van der Waals surface area contributed by atoms with Crippen LogP contribution in [0.5, 0.6) is 0 Å². The van der Waals surface area contributed by atoms with Crippen LogP contribution in [0.4, 0.5) is 5.69 Å². The molecule has 0 spiro atoms. The summed E-state index contributed by atoms with van der Waals surface area (Å²) in [6.45, 7) is 3.84. The highest BCUT2D eigenvalue weighted by Crippen LogP contribution is 2.23. The molecule has 2 saturated heterocycles. The fraction of sp³-hybridized carbons (Fsp3) is 0.438. The number of hydrogen-bond donors (Lipinski definition) is 3. The van der Waals surface area contributed by atoms with Gasteiger partial charge in [-0.05, 0) is 88.3 Å². The Bertz CT molecular complexity index is 1590. The van der Waals surface area contributed by atoms with Gasteiger partial charge >= 0.3 is 0 Å². The number of benzene rings is 1. The van der Waals surface area contributed by atoms with E-state index in [9.17, 15) is 19.2 Å². The fourth-order valence-corrected chi connectivity index (χ4v) is 5.56. The number of aromatic nitrogens is 1. The predicted molar refractivity (Wildman–Crippen MR) is 164 cm³/mol. The van der Waals surface area contributed by atoms with Gasteiger partial charge in [0.05, 0.1) is 12.1 Å². The first-order valence-corrected chi connectivity index (χ1v) is 15.3. The number of hydrogen-bond acceptors (Lipinski definition) is 7. The molecule has 230 valence electrons. The molecule has 12 nitrogen and oxygen atoms in total. The first kappa shape index (κ1) is 29.3. The number of furan rings is 1. The zero-order valence-corrected chi connectivity index (χ0v) is 24.8. The van der Waals surface area contributed by atoms with Gasteiger partial charge in [0.25, 0.3) is 11.8 Å². The molecular weight excluding hydrogens is 562 g/mol. The van der Waals surface area contributed by atoms with Crippen LogP contribution in [0.25, 0.3) is 11.0 Å². The molecule has 2 aromatic heterocycles. The quantitative estimate of drug-likeness (QED) is 0.279. The number of carbonyl (C=O) groups excluding carboxylic acids is 4. The van der Waals surface area contributed by atoms with Crippen LogP contribution in [0, 0.1) is 6.92 Å². The molecule has 4 heterocycles. The van der Waals surface area contributed by atoms with Gasteiger partial charge in [0.2, 0.25) is 17.8 Å². The van der Waals surface area contributed by atoms with Gasteiger partial charge < -0.3 is 24.9 Å². The maximum atomic E-state index is 13.6. The third-order valence-electron chi connectivity index (χ3n) is 8.13. The van der Waals surface area contributed by atoms with Crippen LogP contribution < -0.4 is 16.0 Å². The Morgan fingerprint density at radius 3 is 2.52 bits per heavy atom. The number of amides is 4. The van der Waals surface area contributed by atoms with Crippen molar-refractivity contribution in [1.29, 1.82) is 0 Å². The first-order valence-electron chi connectivity index (χ1n) is 15.3. The van der Waals surface area contributed by atoms with E-state index in [1.54, 1.807) is 11.0 Å². The van der Waals surface area contributed by atoms with E-state index < -0.39 is 11.9 Å². The van der Waals surface area contributed by atoms with Crippen molar-refractivity contribution in [1.82, 2.24) is 25.4 Å². The van der Waals surface area contributed by atoms with E-state index in [2.05, 4.69) is 20.9 Å². The third kappa shape index (κ3) is 7.07. The number of likely N-dealkylation sites (tertiary alicyclic amines) is 2. The third-order valence-corrected chi connectivity index (χ3v) is 8.13. The molecular formula is C32H37N7O5. The summed E-state index contributed by atoms with van der Waals surface area (Å²) in [6, 6.07) is 9.87. The van der Waals surface area contributed by atoms with E-state index >= 15 is 0 Å². The zero-order chi connectivity index (χ0) is 30.6. The monoisotopic (exact) mass is 599 g/mol. The second-order valence-corrected chi connectivity index (χ2v) is 11.7. The van der Waals surface area contributed by atoms with E-state index in [0.717, 1.165) is 68.3 Å². The van der Waals surface area contributed by atoms with Crippen molar-refractivity contribution in [2.24, 2.45) is 4.99 Å². The summed E-state index contributed by atoms with van der Waals surface area (Å²) in [5.74, 6) is -0.187. The summed E-state index contributed by atoms with van der Waals surface area (Å²) in [5.41, 5.74) is 1.83. The molecule has 3 aromatic rings. The molecule has 4 amide bonds. The van der Waals surface area contributed by atoms with Gasteiger partial charge in [-0.15, -0.1) is 0 Å². The van der Waals surface area contributed by atoms with Gasteiger partial charge in [-0.2, -0.15) is 0 Å². The predicted octanol–water partition coefficient (Wildman–Crippen LogP) is 3.23. The number of pyridine rings is 1. The largest absolute Gasteiger partial charge is 0.461 e. The molecule has 3 fully saturated rings. The van der Waals surface area contributed by atoms with E-state index in [1.807, 2.05) is 30.0 Å². The SMILES string of the molecule is Cc1cc2cc(NC(=N[C@H]3CCCCN(CC(=O)N4CCCC4)C3=O)NC(=O)c3ccc(C(=O)NC4CC4)nc3)ccc2o1. The van der Waals surface area contributed by atoms with Gasteiger partial charge in [-0.25, -0.2) is 4.99 Å². The maximum Gasteiger partial charge on any atom is 0.270 e. The van der Waals surface area contributed by atoms with E-state index in [0.29, 0.717) is 18.7 Å². The lowest BCUT2D eigenvalue weighted by Crippen LogP contribution is -2.45. The number of fused-ring (bicyclic) bond motifs is 1. The molecule has 44 heavy (non-hydrogen) atoms. The number of guanidine groups is 1. The number of aliphatic imine (C=N–C) groups is 1. The van der Waals surface area contributed by atoms with E-state index in [1.165, 1.54) is 18.3 Å². The average molecular weight is 600 g/mol. The molecule has 1 saturated carbocycles. The second-order valence-electron chi connectivity index (χ2n) is 11.7. The summed E-state index contributed by atoms with van der Waals surface area (Å²) < 4.78 is 5.69. The Kier molecular flexibility index (Phi) is 8.58. The smallest absolute Gasteiger partial charge is 0.270 e. The van der Waals surface area contributed by atoms with Crippen LogP contribution in [0.1, 0.15) is 71.6 Å². The molecule has 0 unspecified atom stereocenters. The summed E-state index contributed by atoms with van der Waals surface area (Å²) in [4.78, 5) is 64.5. The van der Waals surface area contributed by atoms with Crippen molar-refractivity contribution in [3.05, 3.63) is 59.6 Å². The van der Waals surface area contributed by atoms with Crippen LogP contribution in [-0.4, -0.2) is 82.6 Å². The average Bonchev–Trinajstić information content (AvgIpc) is 3.54. The van der Waals surface area contributed by atoms with E-state index in [-0.39, 0.29) is 47.5 Å². The Labute approximate surface area is 255 Å². The highest BCUT2D eigenvalue weighted by Gasteiger charge is 2.31. The normalized spacial score (nSPS) is 19.2. The number of aryl methyl sites for hydroxylation is 1. The molecule has 0 radical (unpaired) electrons. The van der Waals surface area contributed by atoms with Gasteiger partial charge in [-0.1, -0.05) is 0 Å². The summed E-state index contributed by atoms with van der Waals surface area (Å²) >= 11 is 0. The molecule has 2 aliphatic heterocycles. The van der Waals surface area contributed by atoms with Crippen molar-refractivity contribution >= 4 is 46.2 Å². The number of carbonyl (C=O) groups is 4. The lowest BCUT2D eigenvalue weighted by atomic mass is 10.1. The van der Waals surface area contributed by atoms with Crippen molar-refractivity contribution in [3.8, 4) is 0 Å². The molecule has 0 bridgehead atoms. The lowest BCUT2D eigenvalue weighted by molar-refractivity contribution is -0.140. The minimum absolute atomic E-state index is 0.0306. The van der Waals surface area contributed by atoms with E-state index in [4.69, 9.17) is 9.41 Å². The van der Waals surface area contributed by atoms with Gasteiger partial charge in [0.1, 0.15) is 23.1 Å². The molecule has 3 N–H and O–H groups in total. The Morgan fingerprint density at radius 1 is 0.977 bits per heavy atom. The second kappa shape index (κ2) is 12.9. The van der Waals surface area contributed by atoms with Crippen LogP contribution in [0.2, 0.25) is 0 Å². The van der Waals surface area contributed by atoms with Crippen molar-refractivity contribution in [3.63, 3.8) is 0 Å². The summed E-state index contributed by atoms with van der Waals surface area (Å²) in [6.07, 6.45) is 7.25. The summed E-state index contributed by atoms with van der Waals surface area (Å²) in [5, 5.41) is 9.73. The van der Waals surface area contributed by atoms with Crippen molar-refractivity contribution in [2.45, 2.75) is 64.0 Å². The highest BCUT2D eigenvalue weighted by molar-refractivity contribution is 6.11. The molecule has 3 aliphatic rings. The summed E-state index contributed by atoms with van der Waals surface area (Å²) in [7, 11) is 0. The molecule has 1 aromatic carbocycles. The Balaban J connectivity index is 1.22. The number of nitrogens with zero attached hydrogens (tertiary/aromatic N) is 4. The molecule has 12 heteroatoms. The van der Waals surface area contributed by atoms with Crippen LogP contribution >= 0.6 is 0 Å². The highest BCUT2D eigenvalue weighted by atomic mass is 16.3. The number of rotatable bonds is 7. The Hall–Kier alpha value is -4.74.